The fourth-order valence-electron chi connectivity index (χ4n) is 3.92. The number of hydrogen-bond donors (Lipinski definition) is 0. The van der Waals surface area contributed by atoms with E-state index in [2.05, 4.69) is 55.5 Å². The van der Waals surface area contributed by atoms with Crippen LogP contribution in [0.5, 0.6) is 5.75 Å². The normalized spacial score (nSPS) is 17.2. The smallest absolute Gasteiger partial charge is 0.156 e. The second kappa shape index (κ2) is 6.80. The van der Waals surface area contributed by atoms with Crippen molar-refractivity contribution in [3.8, 4) is 5.75 Å². The molecule has 0 unspecified atom stereocenters. The second-order valence-corrected chi connectivity index (χ2v) is 6.99. The molecule has 0 spiro atoms. The first-order valence-electron chi connectivity index (χ1n) is 9.02. The molecule has 26 heavy (non-hydrogen) atoms. The largest absolute Gasteiger partial charge is 0.497 e. The first-order valence-corrected chi connectivity index (χ1v) is 9.02. The van der Waals surface area contributed by atoms with E-state index >= 15 is 0 Å². The van der Waals surface area contributed by atoms with Crippen LogP contribution in [0.2, 0.25) is 0 Å². The van der Waals surface area contributed by atoms with E-state index in [1.165, 1.54) is 27.5 Å². The van der Waals surface area contributed by atoms with Gasteiger partial charge in [-0.05, 0) is 70.5 Å². The molecule has 1 aliphatic carbocycles. The van der Waals surface area contributed by atoms with Gasteiger partial charge < -0.3 is 4.74 Å². The van der Waals surface area contributed by atoms with Crippen molar-refractivity contribution in [2.75, 3.05) is 7.11 Å². The molecule has 2 nitrogen and oxygen atoms in total. The maximum atomic E-state index is 12.5. The summed E-state index contributed by atoms with van der Waals surface area (Å²) >= 11 is 0. The van der Waals surface area contributed by atoms with Gasteiger partial charge in [0, 0.05) is 6.42 Å². The second-order valence-electron chi connectivity index (χ2n) is 6.99. The van der Waals surface area contributed by atoms with Gasteiger partial charge in [0.25, 0.3) is 0 Å². The number of allylic oxidation sites excluding steroid dienone is 2. The number of ether oxygens (including phenoxy) is 1. The predicted octanol–water partition coefficient (Wildman–Crippen LogP) is 5.69. The summed E-state index contributed by atoms with van der Waals surface area (Å²) in [6.45, 7) is 2.13. The van der Waals surface area contributed by atoms with Gasteiger partial charge in [-0.3, -0.25) is 4.79 Å². The predicted molar refractivity (Wildman–Crippen MR) is 107 cm³/mol. The highest BCUT2D eigenvalue weighted by atomic mass is 16.5. The van der Waals surface area contributed by atoms with Crippen LogP contribution in [0.3, 0.4) is 0 Å². The number of benzene rings is 3. The Morgan fingerprint density at radius 1 is 0.885 bits per heavy atom. The average Bonchev–Trinajstić information content (AvgIpc) is 2.68. The highest BCUT2D eigenvalue weighted by molar-refractivity contribution is 6.04. The van der Waals surface area contributed by atoms with Gasteiger partial charge in [0.1, 0.15) is 5.75 Å². The molecular formula is C24H22O2. The molecule has 0 N–H and O–H groups in total. The van der Waals surface area contributed by atoms with Gasteiger partial charge >= 0.3 is 0 Å². The summed E-state index contributed by atoms with van der Waals surface area (Å²) in [5, 5.41) is 2.48. The van der Waals surface area contributed by atoms with Crippen LogP contribution in [0.25, 0.3) is 16.3 Å². The third kappa shape index (κ3) is 3.03. The van der Waals surface area contributed by atoms with Crippen molar-refractivity contribution in [1.29, 1.82) is 0 Å². The van der Waals surface area contributed by atoms with Crippen molar-refractivity contribution in [1.82, 2.24) is 0 Å². The summed E-state index contributed by atoms with van der Waals surface area (Å²) in [5.74, 6) is 1.27. The molecule has 1 aliphatic rings. The lowest BCUT2D eigenvalue weighted by atomic mass is 9.80. The van der Waals surface area contributed by atoms with E-state index < -0.39 is 0 Å². The number of methoxy groups -OCH3 is 1. The molecule has 0 aromatic heterocycles. The van der Waals surface area contributed by atoms with Crippen molar-refractivity contribution in [2.45, 2.75) is 25.7 Å². The van der Waals surface area contributed by atoms with Crippen molar-refractivity contribution < 1.29 is 9.53 Å². The molecule has 0 bridgehead atoms. The molecule has 0 saturated heterocycles. The number of carbonyl (C=O) groups excluding carboxylic acids is 1. The van der Waals surface area contributed by atoms with E-state index in [0.29, 0.717) is 6.42 Å². The highest BCUT2D eigenvalue weighted by Gasteiger charge is 2.24. The van der Waals surface area contributed by atoms with Crippen LogP contribution in [0.4, 0.5) is 0 Å². The zero-order chi connectivity index (χ0) is 18.1. The quantitative estimate of drug-likeness (QED) is 0.611. The molecule has 4 rings (SSSR count). The van der Waals surface area contributed by atoms with Gasteiger partial charge in [0.15, 0.2) is 5.78 Å². The fourth-order valence-corrected chi connectivity index (χ4v) is 3.92. The van der Waals surface area contributed by atoms with E-state index in [4.69, 9.17) is 4.74 Å². The summed E-state index contributed by atoms with van der Waals surface area (Å²) in [7, 11) is 1.67. The van der Waals surface area contributed by atoms with Gasteiger partial charge in [-0.25, -0.2) is 0 Å². The van der Waals surface area contributed by atoms with Crippen molar-refractivity contribution in [2.24, 2.45) is 0 Å². The lowest BCUT2D eigenvalue weighted by Gasteiger charge is -2.24. The molecule has 0 radical (unpaired) electrons. The number of hydrogen-bond acceptors (Lipinski definition) is 2. The van der Waals surface area contributed by atoms with Crippen LogP contribution in [-0.4, -0.2) is 12.9 Å². The Bertz CT molecular complexity index is 996. The summed E-state index contributed by atoms with van der Waals surface area (Å²) in [5.41, 5.74) is 4.77. The molecular weight excluding hydrogens is 320 g/mol. The zero-order valence-corrected chi connectivity index (χ0v) is 15.2. The first-order chi connectivity index (χ1) is 12.7. The minimum atomic E-state index is 0.205. The van der Waals surface area contributed by atoms with E-state index in [1.807, 2.05) is 18.2 Å². The van der Waals surface area contributed by atoms with Crippen LogP contribution in [0.15, 0.2) is 66.7 Å². The molecule has 0 saturated carbocycles. The maximum absolute atomic E-state index is 12.5. The van der Waals surface area contributed by atoms with Crippen molar-refractivity contribution in [3.63, 3.8) is 0 Å². The molecule has 0 heterocycles. The van der Waals surface area contributed by atoms with Crippen LogP contribution in [0.1, 0.15) is 35.4 Å². The van der Waals surface area contributed by atoms with Gasteiger partial charge in [-0.2, -0.15) is 0 Å². The van der Waals surface area contributed by atoms with E-state index in [0.717, 1.165) is 17.7 Å². The third-order valence-corrected chi connectivity index (χ3v) is 5.32. The maximum Gasteiger partial charge on any atom is 0.156 e. The molecule has 0 amide bonds. The summed E-state index contributed by atoms with van der Waals surface area (Å²) in [6.07, 6.45) is 3.29. The molecule has 130 valence electrons. The number of ketones is 1. The van der Waals surface area contributed by atoms with E-state index in [9.17, 15) is 4.79 Å². The minimum Gasteiger partial charge on any atom is -0.497 e. The van der Waals surface area contributed by atoms with Crippen LogP contribution in [-0.2, 0) is 4.79 Å². The fraction of sp³-hybridized carbons (Fsp3) is 0.208. The van der Waals surface area contributed by atoms with Crippen LogP contribution >= 0.6 is 0 Å². The summed E-state index contributed by atoms with van der Waals surface area (Å²) in [6, 6.07) is 20.8. The Balaban J connectivity index is 1.73. The van der Waals surface area contributed by atoms with Gasteiger partial charge in [0.2, 0.25) is 0 Å². The van der Waals surface area contributed by atoms with Gasteiger partial charge in [-0.15, -0.1) is 0 Å². The molecule has 1 atom stereocenters. The Labute approximate surface area is 154 Å². The highest BCUT2D eigenvalue weighted by Crippen LogP contribution is 2.39. The monoisotopic (exact) mass is 342 g/mol. The molecule has 0 fully saturated rings. The lowest BCUT2D eigenvalue weighted by molar-refractivity contribution is -0.115. The lowest BCUT2D eigenvalue weighted by Crippen LogP contribution is -2.12. The number of aryl methyl sites for hydroxylation is 1. The molecule has 3 aromatic carbocycles. The first kappa shape index (κ1) is 16.6. The van der Waals surface area contributed by atoms with Crippen molar-refractivity contribution >= 4 is 22.1 Å². The topological polar surface area (TPSA) is 26.3 Å². The summed E-state index contributed by atoms with van der Waals surface area (Å²) < 4.78 is 5.25. The Morgan fingerprint density at radius 3 is 2.35 bits per heavy atom. The molecule has 3 aromatic rings. The van der Waals surface area contributed by atoms with Crippen LogP contribution in [0, 0.1) is 6.92 Å². The standard InChI is InChI=1S/C24H22O2/c1-16-7-12-23(24-6-4-3-5-22(16)24)19-13-18(14-20(25)15-19)17-8-10-21(26-2)11-9-17/h3-12,15,18H,13-14H2,1-2H3/t18-/m1/s1. The van der Waals surface area contributed by atoms with E-state index in [-0.39, 0.29) is 11.7 Å². The van der Waals surface area contributed by atoms with Gasteiger partial charge in [-0.1, -0.05) is 48.5 Å². The molecule has 0 aliphatic heterocycles. The number of rotatable bonds is 3. The van der Waals surface area contributed by atoms with Crippen molar-refractivity contribution in [3.05, 3.63) is 83.4 Å². The molecule has 2 heteroatoms. The average molecular weight is 342 g/mol. The van der Waals surface area contributed by atoms with Gasteiger partial charge in [0.05, 0.1) is 7.11 Å². The van der Waals surface area contributed by atoms with E-state index in [1.54, 1.807) is 7.11 Å². The Hall–Kier alpha value is -2.87. The number of fused-ring (bicyclic) bond motifs is 1. The Kier molecular flexibility index (Phi) is 4.34. The zero-order valence-electron chi connectivity index (χ0n) is 15.2. The SMILES string of the molecule is COc1ccc([C@H]2CC(=O)C=C(c3ccc(C)c4ccccc34)C2)cc1. The Morgan fingerprint density at radius 2 is 1.62 bits per heavy atom. The van der Waals surface area contributed by atoms with Crippen LogP contribution < -0.4 is 4.74 Å². The third-order valence-electron chi connectivity index (χ3n) is 5.32. The summed E-state index contributed by atoms with van der Waals surface area (Å²) in [4.78, 5) is 12.5. The number of carbonyl (C=O) groups is 1. The minimum absolute atomic E-state index is 0.205.